The third kappa shape index (κ3) is 6.68. The number of sulfonamides is 1. The SMILES string of the molecule is Cc1cc(C)c(S(=O)(=O)N(CC(=O)Nc2ccc(CC(=O)N3CCCC3)cc2)Cc2ccccc2)c(C)c1. The van der Waals surface area contributed by atoms with Crippen molar-refractivity contribution in [3.8, 4) is 0 Å². The average molecular weight is 534 g/mol. The smallest absolute Gasteiger partial charge is 0.244 e. The molecule has 200 valence electrons. The molecule has 0 spiro atoms. The maximum absolute atomic E-state index is 13.8. The van der Waals surface area contributed by atoms with Crippen molar-refractivity contribution in [2.24, 2.45) is 0 Å². The number of carbonyl (C=O) groups excluding carboxylic acids is 2. The predicted molar refractivity (Wildman–Crippen MR) is 149 cm³/mol. The monoisotopic (exact) mass is 533 g/mol. The third-order valence-corrected chi connectivity index (χ3v) is 8.87. The largest absolute Gasteiger partial charge is 0.342 e. The van der Waals surface area contributed by atoms with Crippen LogP contribution in [-0.2, 0) is 32.6 Å². The van der Waals surface area contributed by atoms with E-state index in [2.05, 4.69) is 5.32 Å². The van der Waals surface area contributed by atoms with Crippen LogP contribution in [0, 0.1) is 20.8 Å². The van der Waals surface area contributed by atoms with E-state index in [1.165, 1.54) is 4.31 Å². The minimum Gasteiger partial charge on any atom is -0.342 e. The highest BCUT2D eigenvalue weighted by Gasteiger charge is 2.30. The molecule has 0 saturated carbocycles. The molecule has 7 nitrogen and oxygen atoms in total. The van der Waals surface area contributed by atoms with Gasteiger partial charge in [0, 0.05) is 25.3 Å². The second-order valence-electron chi connectivity index (χ2n) is 10.00. The van der Waals surface area contributed by atoms with Crippen molar-refractivity contribution in [2.75, 3.05) is 25.0 Å². The molecule has 0 unspecified atom stereocenters. The van der Waals surface area contributed by atoms with Gasteiger partial charge < -0.3 is 10.2 Å². The molecular formula is C30H35N3O4S. The minimum atomic E-state index is -3.96. The standard InChI is InChI=1S/C30H35N3O4S/c1-22-17-23(2)30(24(3)18-22)38(36,37)33(20-26-9-5-4-6-10-26)21-28(34)31-27-13-11-25(12-14-27)19-29(35)32-15-7-8-16-32/h4-6,9-14,17-18H,7-8,15-16,19-21H2,1-3H3,(H,31,34). The summed E-state index contributed by atoms with van der Waals surface area (Å²) in [6, 6.07) is 20.1. The Kier molecular flexibility index (Phi) is 8.64. The van der Waals surface area contributed by atoms with Crippen molar-refractivity contribution < 1.29 is 18.0 Å². The van der Waals surface area contributed by atoms with E-state index < -0.39 is 15.9 Å². The number of likely N-dealkylation sites (tertiary alicyclic amines) is 1. The molecule has 3 aromatic rings. The highest BCUT2D eigenvalue weighted by molar-refractivity contribution is 7.89. The number of carbonyl (C=O) groups is 2. The van der Waals surface area contributed by atoms with Gasteiger partial charge in [0.05, 0.1) is 17.9 Å². The maximum atomic E-state index is 13.8. The number of rotatable bonds is 9. The van der Waals surface area contributed by atoms with Crippen LogP contribution in [0.1, 0.15) is 40.7 Å². The second-order valence-corrected chi connectivity index (χ2v) is 11.9. The Morgan fingerprint density at radius 3 is 2.08 bits per heavy atom. The van der Waals surface area contributed by atoms with Gasteiger partial charge in [-0.2, -0.15) is 4.31 Å². The van der Waals surface area contributed by atoms with E-state index in [1.54, 1.807) is 26.0 Å². The lowest BCUT2D eigenvalue weighted by atomic mass is 10.1. The number of anilines is 1. The van der Waals surface area contributed by atoms with E-state index in [4.69, 9.17) is 0 Å². The first-order chi connectivity index (χ1) is 18.1. The van der Waals surface area contributed by atoms with Crippen molar-refractivity contribution >= 4 is 27.5 Å². The Bertz CT molecular complexity index is 1370. The van der Waals surface area contributed by atoms with Gasteiger partial charge in [-0.1, -0.05) is 60.2 Å². The minimum absolute atomic E-state index is 0.0703. The summed E-state index contributed by atoms with van der Waals surface area (Å²) < 4.78 is 28.9. The van der Waals surface area contributed by atoms with Gasteiger partial charge in [0.1, 0.15) is 0 Å². The summed E-state index contributed by atoms with van der Waals surface area (Å²) in [7, 11) is -3.96. The van der Waals surface area contributed by atoms with Crippen LogP contribution >= 0.6 is 0 Å². The maximum Gasteiger partial charge on any atom is 0.244 e. The van der Waals surface area contributed by atoms with Crippen LogP contribution in [0.4, 0.5) is 5.69 Å². The van der Waals surface area contributed by atoms with E-state index in [-0.39, 0.29) is 23.9 Å². The molecule has 4 rings (SSSR count). The molecule has 38 heavy (non-hydrogen) atoms. The normalized spacial score (nSPS) is 13.6. The van der Waals surface area contributed by atoms with E-state index in [9.17, 15) is 18.0 Å². The van der Waals surface area contributed by atoms with Crippen LogP contribution in [-0.4, -0.2) is 49.1 Å². The molecule has 0 aliphatic carbocycles. The molecule has 0 radical (unpaired) electrons. The van der Waals surface area contributed by atoms with Crippen molar-refractivity contribution in [1.29, 1.82) is 0 Å². The van der Waals surface area contributed by atoms with Crippen molar-refractivity contribution in [1.82, 2.24) is 9.21 Å². The van der Waals surface area contributed by atoms with Gasteiger partial charge in [-0.05, 0) is 68.0 Å². The number of hydrogen-bond donors (Lipinski definition) is 1. The number of amides is 2. The molecular weight excluding hydrogens is 498 g/mol. The summed E-state index contributed by atoms with van der Waals surface area (Å²) in [5, 5.41) is 2.82. The summed E-state index contributed by atoms with van der Waals surface area (Å²) in [6.07, 6.45) is 2.43. The molecule has 1 heterocycles. The number of benzene rings is 3. The number of aryl methyl sites for hydroxylation is 3. The number of hydrogen-bond acceptors (Lipinski definition) is 4. The highest BCUT2D eigenvalue weighted by atomic mass is 32.2. The lowest BCUT2D eigenvalue weighted by Gasteiger charge is -2.24. The van der Waals surface area contributed by atoms with Gasteiger partial charge in [-0.3, -0.25) is 9.59 Å². The topological polar surface area (TPSA) is 86.8 Å². The number of nitrogens with zero attached hydrogens (tertiary/aromatic N) is 2. The average Bonchev–Trinajstić information content (AvgIpc) is 3.40. The molecule has 1 aliphatic heterocycles. The first-order valence-electron chi connectivity index (χ1n) is 12.9. The lowest BCUT2D eigenvalue weighted by molar-refractivity contribution is -0.129. The molecule has 3 aromatic carbocycles. The molecule has 0 atom stereocenters. The Labute approximate surface area is 225 Å². The zero-order chi connectivity index (χ0) is 27.3. The Morgan fingerprint density at radius 1 is 0.868 bits per heavy atom. The quantitative estimate of drug-likeness (QED) is 0.435. The molecule has 1 N–H and O–H groups in total. The fourth-order valence-electron chi connectivity index (χ4n) is 5.04. The Morgan fingerprint density at radius 2 is 1.47 bits per heavy atom. The highest BCUT2D eigenvalue weighted by Crippen LogP contribution is 2.26. The van der Waals surface area contributed by atoms with E-state index >= 15 is 0 Å². The van der Waals surface area contributed by atoms with Crippen LogP contribution in [0.3, 0.4) is 0 Å². The van der Waals surface area contributed by atoms with Crippen LogP contribution < -0.4 is 5.32 Å². The van der Waals surface area contributed by atoms with Gasteiger partial charge in [0.15, 0.2) is 0 Å². The zero-order valence-corrected chi connectivity index (χ0v) is 23.1. The van der Waals surface area contributed by atoms with E-state index in [1.807, 2.05) is 66.4 Å². The molecule has 0 aromatic heterocycles. The molecule has 2 amide bonds. The second kappa shape index (κ2) is 11.9. The molecule has 8 heteroatoms. The molecule has 1 fully saturated rings. The van der Waals surface area contributed by atoms with Crippen LogP contribution in [0.2, 0.25) is 0 Å². The van der Waals surface area contributed by atoms with Gasteiger partial charge in [0.25, 0.3) is 0 Å². The third-order valence-electron chi connectivity index (χ3n) is 6.78. The van der Waals surface area contributed by atoms with E-state index in [0.29, 0.717) is 23.2 Å². The summed E-state index contributed by atoms with van der Waals surface area (Å²) in [5.74, 6) is -0.324. The van der Waals surface area contributed by atoms with Crippen LogP contribution in [0.25, 0.3) is 0 Å². The van der Waals surface area contributed by atoms with E-state index in [0.717, 1.165) is 42.6 Å². The first-order valence-corrected chi connectivity index (χ1v) is 14.4. The Balaban J connectivity index is 1.50. The summed E-state index contributed by atoms with van der Waals surface area (Å²) in [5.41, 5.74) is 4.50. The van der Waals surface area contributed by atoms with Crippen LogP contribution in [0.15, 0.2) is 71.6 Å². The molecule has 1 saturated heterocycles. The van der Waals surface area contributed by atoms with Gasteiger partial charge in [-0.15, -0.1) is 0 Å². The zero-order valence-electron chi connectivity index (χ0n) is 22.2. The predicted octanol–water partition coefficient (Wildman–Crippen LogP) is 4.61. The van der Waals surface area contributed by atoms with Crippen molar-refractivity contribution in [2.45, 2.75) is 51.5 Å². The summed E-state index contributed by atoms with van der Waals surface area (Å²) in [6.45, 7) is 6.86. The summed E-state index contributed by atoms with van der Waals surface area (Å²) in [4.78, 5) is 27.6. The summed E-state index contributed by atoms with van der Waals surface area (Å²) >= 11 is 0. The van der Waals surface area contributed by atoms with Gasteiger partial charge >= 0.3 is 0 Å². The van der Waals surface area contributed by atoms with Crippen molar-refractivity contribution in [3.63, 3.8) is 0 Å². The lowest BCUT2D eigenvalue weighted by Crippen LogP contribution is -2.38. The molecule has 1 aliphatic rings. The fraction of sp³-hybridized carbons (Fsp3) is 0.333. The van der Waals surface area contributed by atoms with Gasteiger partial charge in [0.2, 0.25) is 21.8 Å². The first kappa shape index (κ1) is 27.5. The fourth-order valence-corrected chi connectivity index (χ4v) is 6.83. The molecule has 0 bridgehead atoms. The van der Waals surface area contributed by atoms with Crippen molar-refractivity contribution in [3.05, 3.63) is 94.5 Å². The van der Waals surface area contributed by atoms with Crippen LogP contribution in [0.5, 0.6) is 0 Å². The number of nitrogens with one attached hydrogen (secondary N) is 1. The van der Waals surface area contributed by atoms with Gasteiger partial charge in [-0.25, -0.2) is 8.42 Å². The Hall–Kier alpha value is -3.49.